The predicted octanol–water partition coefficient (Wildman–Crippen LogP) is 1.69. The van der Waals surface area contributed by atoms with Crippen molar-refractivity contribution in [3.63, 3.8) is 0 Å². The summed E-state index contributed by atoms with van der Waals surface area (Å²) in [4.78, 5) is 32.9. The van der Waals surface area contributed by atoms with Crippen LogP contribution in [-0.4, -0.2) is 25.8 Å². The van der Waals surface area contributed by atoms with Gasteiger partial charge in [-0.15, -0.1) is 0 Å². The maximum atomic E-state index is 11.9. The van der Waals surface area contributed by atoms with Crippen LogP contribution in [0.4, 0.5) is 11.4 Å². The maximum Gasteiger partial charge on any atom is 0.288 e. The number of carbonyl (C=O) groups is 1. The Morgan fingerprint density at radius 3 is 2.63 bits per heavy atom. The first kappa shape index (κ1) is 12.8. The lowest BCUT2D eigenvalue weighted by atomic mass is 10.2. The molecular weight excluding hydrogens is 274 g/mol. The fourth-order valence-corrected chi connectivity index (χ4v) is 1.45. The molecule has 2 aromatic rings. The van der Waals surface area contributed by atoms with Gasteiger partial charge < -0.3 is 5.32 Å². The molecule has 0 spiro atoms. The summed E-state index contributed by atoms with van der Waals surface area (Å²) in [6.45, 7) is 0. The molecule has 0 bridgehead atoms. The topological polar surface area (TPSA) is 111 Å². The molecular formula is C10H6ClN5O3. The predicted molar refractivity (Wildman–Crippen MR) is 65.9 cm³/mol. The third-order valence-electron chi connectivity index (χ3n) is 2.10. The smallest absolute Gasteiger partial charge is 0.288 e. The highest BCUT2D eigenvalue weighted by Crippen LogP contribution is 2.20. The van der Waals surface area contributed by atoms with Crippen LogP contribution in [0.3, 0.4) is 0 Å². The fourth-order valence-electron chi connectivity index (χ4n) is 1.26. The normalized spacial score (nSPS) is 9.95. The van der Waals surface area contributed by atoms with Crippen LogP contribution in [-0.2, 0) is 0 Å². The summed E-state index contributed by atoms with van der Waals surface area (Å²) in [7, 11) is 0. The molecule has 0 fully saturated rings. The SMILES string of the molecule is O=C(Nc1cncnc1)c1cc([N+](=O)[O-])cnc1Cl. The Morgan fingerprint density at radius 2 is 2.00 bits per heavy atom. The van der Waals surface area contributed by atoms with E-state index in [0.29, 0.717) is 5.69 Å². The average molecular weight is 280 g/mol. The monoisotopic (exact) mass is 279 g/mol. The number of nitrogens with one attached hydrogen (secondary N) is 1. The number of halogens is 1. The molecule has 19 heavy (non-hydrogen) atoms. The van der Waals surface area contributed by atoms with E-state index in [4.69, 9.17) is 11.6 Å². The molecule has 0 aliphatic heterocycles. The van der Waals surface area contributed by atoms with Crippen LogP contribution in [0.2, 0.25) is 5.15 Å². The van der Waals surface area contributed by atoms with Crippen molar-refractivity contribution < 1.29 is 9.72 Å². The summed E-state index contributed by atoms with van der Waals surface area (Å²) in [5.74, 6) is -0.629. The van der Waals surface area contributed by atoms with Crippen molar-refractivity contribution in [2.45, 2.75) is 0 Å². The third-order valence-corrected chi connectivity index (χ3v) is 2.40. The molecule has 1 amide bonds. The van der Waals surface area contributed by atoms with Crippen molar-refractivity contribution in [2.24, 2.45) is 0 Å². The minimum Gasteiger partial charge on any atom is -0.319 e. The number of hydrogen-bond acceptors (Lipinski definition) is 6. The zero-order valence-corrected chi connectivity index (χ0v) is 10.0. The number of nitro groups is 1. The standard InChI is InChI=1S/C10H6ClN5O3/c11-9-8(1-7(4-14-9)16(18)19)10(17)15-6-2-12-5-13-3-6/h1-5H,(H,15,17). The summed E-state index contributed by atoms with van der Waals surface area (Å²) in [6.07, 6.45) is 5.04. The van der Waals surface area contributed by atoms with Gasteiger partial charge in [0, 0.05) is 6.07 Å². The molecule has 96 valence electrons. The molecule has 1 N–H and O–H groups in total. The quantitative estimate of drug-likeness (QED) is 0.520. The molecule has 2 rings (SSSR count). The van der Waals surface area contributed by atoms with Crippen molar-refractivity contribution in [3.05, 3.63) is 51.8 Å². The largest absolute Gasteiger partial charge is 0.319 e. The van der Waals surface area contributed by atoms with E-state index in [2.05, 4.69) is 20.3 Å². The van der Waals surface area contributed by atoms with Crippen LogP contribution in [0.5, 0.6) is 0 Å². The van der Waals surface area contributed by atoms with Crippen LogP contribution in [0, 0.1) is 10.1 Å². The van der Waals surface area contributed by atoms with Crippen LogP contribution in [0.15, 0.2) is 31.0 Å². The average Bonchev–Trinajstić information content (AvgIpc) is 2.40. The number of anilines is 1. The molecule has 0 unspecified atom stereocenters. The van der Waals surface area contributed by atoms with Gasteiger partial charge in [-0.25, -0.2) is 15.0 Å². The van der Waals surface area contributed by atoms with Gasteiger partial charge in [0.2, 0.25) is 0 Å². The van der Waals surface area contributed by atoms with Crippen LogP contribution >= 0.6 is 11.6 Å². The molecule has 0 saturated carbocycles. The minimum absolute atomic E-state index is 0.0975. The number of carbonyl (C=O) groups excluding carboxylic acids is 1. The van der Waals surface area contributed by atoms with Gasteiger partial charge in [-0.1, -0.05) is 11.6 Å². The van der Waals surface area contributed by atoms with E-state index in [-0.39, 0.29) is 16.4 Å². The number of hydrogen-bond donors (Lipinski definition) is 1. The molecule has 9 heteroatoms. The highest BCUT2D eigenvalue weighted by atomic mass is 35.5. The van der Waals surface area contributed by atoms with E-state index in [1.54, 1.807) is 0 Å². The summed E-state index contributed by atoms with van der Waals surface area (Å²) >= 11 is 5.74. The highest BCUT2D eigenvalue weighted by molar-refractivity contribution is 6.33. The lowest BCUT2D eigenvalue weighted by Gasteiger charge is -2.05. The van der Waals surface area contributed by atoms with Crippen LogP contribution in [0.1, 0.15) is 10.4 Å². The summed E-state index contributed by atoms with van der Waals surface area (Å²) in [5.41, 5.74) is -0.0753. The Balaban J connectivity index is 2.28. The van der Waals surface area contributed by atoms with Crippen molar-refractivity contribution in [1.29, 1.82) is 0 Å². The van der Waals surface area contributed by atoms with E-state index in [9.17, 15) is 14.9 Å². The van der Waals surface area contributed by atoms with Gasteiger partial charge in [-0.05, 0) is 0 Å². The molecule has 0 aromatic carbocycles. The Hall–Kier alpha value is -2.61. The molecule has 0 aliphatic rings. The molecule has 0 saturated heterocycles. The second kappa shape index (κ2) is 5.36. The first-order valence-electron chi connectivity index (χ1n) is 4.94. The summed E-state index contributed by atoms with van der Waals surface area (Å²) in [6, 6.07) is 1.05. The first-order chi connectivity index (χ1) is 9.08. The number of rotatable bonds is 3. The molecule has 0 atom stereocenters. The van der Waals surface area contributed by atoms with Gasteiger partial charge in [0.05, 0.1) is 28.6 Å². The second-order valence-corrected chi connectivity index (χ2v) is 3.73. The van der Waals surface area contributed by atoms with Crippen molar-refractivity contribution in [3.8, 4) is 0 Å². The van der Waals surface area contributed by atoms with Gasteiger partial charge >= 0.3 is 0 Å². The van der Waals surface area contributed by atoms with Crippen LogP contribution in [0.25, 0.3) is 0 Å². The van der Waals surface area contributed by atoms with Crippen molar-refractivity contribution >= 4 is 28.9 Å². The zero-order chi connectivity index (χ0) is 13.8. The molecule has 2 heterocycles. The van der Waals surface area contributed by atoms with E-state index < -0.39 is 10.8 Å². The number of aromatic nitrogens is 3. The number of pyridine rings is 1. The molecule has 0 radical (unpaired) electrons. The second-order valence-electron chi connectivity index (χ2n) is 3.37. The van der Waals surface area contributed by atoms with E-state index in [1.807, 2.05) is 0 Å². The Kier molecular flexibility index (Phi) is 3.62. The van der Waals surface area contributed by atoms with Gasteiger partial charge in [0.15, 0.2) is 0 Å². The summed E-state index contributed by atoms with van der Waals surface area (Å²) < 4.78 is 0. The van der Waals surface area contributed by atoms with Crippen molar-refractivity contribution in [2.75, 3.05) is 5.32 Å². The van der Waals surface area contributed by atoms with E-state index >= 15 is 0 Å². The Labute approximate surface area is 111 Å². The molecule has 8 nitrogen and oxygen atoms in total. The maximum absolute atomic E-state index is 11.9. The number of nitrogens with zero attached hydrogens (tertiary/aromatic N) is 4. The molecule has 2 aromatic heterocycles. The van der Waals surface area contributed by atoms with Gasteiger partial charge in [-0.2, -0.15) is 0 Å². The van der Waals surface area contributed by atoms with E-state index in [1.165, 1.54) is 18.7 Å². The molecule has 0 aliphatic carbocycles. The number of amides is 1. The summed E-state index contributed by atoms with van der Waals surface area (Å²) in [5, 5.41) is 12.9. The van der Waals surface area contributed by atoms with Gasteiger partial charge in [0.25, 0.3) is 11.6 Å². The Morgan fingerprint density at radius 1 is 1.32 bits per heavy atom. The van der Waals surface area contributed by atoms with Gasteiger partial charge in [-0.3, -0.25) is 14.9 Å². The highest BCUT2D eigenvalue weighted by Gasteiger charge is 2.17. The lowest BCUT2D eigenvalue weighted by molar-refractivity contribution is -0.385. The first-order valence-corrected chi connectivity index (χ1v) is 5.32. The lowest BCUT2D eigenvalue weighted by Crippen LogP contribution is -2.13. The minimum atomic E-state index is -0.661. The zero-order valence-electron chi connectivity index (χ0n) is 9.28. The van der Waals surface area contributed by atoms with E-state index in [0.717, 1.165) is 12.3 Å². The third kappa shape index (κ3) is 2.99. The van der Waals surface area contributed by atoms with Crippen molar-refractivity contribution in [1.82, 2.24) is 15.0 Å². The van der Waals surface area contributed by atoms with Crippen LogP contribution < -0.4 is 5.32 Å². The fraction of sp³-hybridized carbons (Fsp3) is 0. The Bertz CT molecular complexity index is 634. The van der Waals surface area contributed by atoms with Gasteiger partial charge in [0.1, 0.15) is 17.7 Å².